The third kappa shape index (κ3) is 3.21. The molecule has 1 fully saturated rings. The van der Waals surface area contributed by atoms with Gasteiger partial charge in [-0.15, -0.1) is 0 Å². The fraction of sp³-hybridized carbons (Fsp3) is 0.727. The molecular weight excluding hydrogens is 162 g/mol. The fourth-order valence-corrected chi connectivity index (χ4v) is 1.71. The molecule has 0 bridgehead atoms. The van der Waals surface area contributed by atoms with Crippen molar-refractivity contribution < 1.29 is 4.79 Å². The van der Waals surface area contributed by atoms with E-state index in [0.29, 0.717) is 5.41 Å². The predicted octanol–water partition coefficient (Wildman–Crippen LogP) is 2.26. The first kappa shape index (κ1) is 10.3. The van der Waals surface area contributed by atoms with Gasteiger partial charge in [-0.2, -0.15) is 0 Å². The minimum Gasteiger partial charge on any atom is -0.352 e. The third-order valence-corrected chi connectivity index (χ3v) is 2.69. The molecular formula is C11H19NO. The zero-order valence-corrected chi connectivity index (χ0v) is 8.60. The summed E-state index contributed by atoms with van der Waals surface area (Å²) < 4.78 is 0. The monoisotopic (exact) mass is 181 g/mol. The zero-order valence-electron chi connectivity index (χ0n) is 8.60. The maximum atomic E-state index is 11.1. The van der Waals surface area contributed by atoms with Crippen LogP contribution in [0.4, 0.5) is 0 Å². The Morgan fingerprint density at radius 1 is 1.54 bits per heavy atom. The number of amides is 1. The molecule has 0 aromatic rings. The zero-order chi connectivity index (χ0) is 9.73. The second-order valence-corrected chi connectivity index (χ2v) is 3.97. The highest BCUT2D eigenvalue weighted by molar-refractivity contribution is 5.87. The van der Waals surface area contributed by atoms with Crippen LogP contribution in [0.5, 0.6) is 0 Å². The molecule has 1 amide bonds. The highest BCUT2D eigenvalue weighted by Gasteiger charge is 2.41. The van der Waals surface area contributed by atoms with Crippen molar-refractivity contribution in [2.45, 2.75) is 39.5 Å². The van der Waals surface area contributed by atoms with Gasteiger partial charge in [-0.05, 0) is 37.7 Å². The van der Waals surface area contributed by atoms with Crippen LogP contribution in [0, 0.1) is 5.41 Å². The van der Waals surface area contributed by atoms with Crippen molar-refractivity contribution in [2.24, 2.45) is 5.41 Å². The highest BCUT2D eigenvalue weighted by atomic mass is 16.1. The average molecular weight is 181 g/mol. The lowest BCUT2D eigenvalue weighted by atomic mass is 10.0. The Morgan fingerprint density at radius 3 is 2.69 bits per heavy atom. The summed E-state index contributed by atoms with van der Waals surface area (Å²) in [7, 11) is 0. The van der Waals surface area contributed by atoms with E-state index in [4.69, 9.17) is 0 Å². The van der Waals surface area contributed by atoms with Crippen molar-refractivity contribution in [1.29, 1.82) is 0 Å². The second kappa shape index (κ2) is 4.45. The van der Waals surface area contributed by atoms with E-state index in [-0.39, 0.29) is 5.91 Å². The molecule has 0 aliphatic heterocycles. The molecule has 0 atom stereocenters. The second-order valence-electron chi connectivity index (χ2n) is 3.97. The first-order valence-electron chi connectivity index (χ1n) is 5.13. The van der Waals surface area contributed by atoms with E-state index in [9.17, 15) is 4.79 Å². The van der Waals surface area contributed by atoms with Crippen molar-refractivity contribution in [2.75, 3.05) is 6.54 Å². The molecule has 0 aromatic heterocycles. The normalized spacial score (nSPS) is 18.9. The predicted molar refractivity (Wildman–Crippen MR) is 54.4 cm³/mol. The van der Waals surface area contributed by atoms with Crippen LogP contribution in [0.3, 0.4) is 0 Å². The van der Waals surface area contributed by atoms with Crippen LogP contribution < -0.4 is 5.32 Å². The van der Waals surface area contributed by atoms with Crippen molar-refractivity contribution in [1.82, 2.24) is 5.32 Å². The van der Waals surface area contributed by atoms with Gasteiger partial charge in [0.1, 0.15) is 0 Å². The summed E-state index contributed by atoms with van der Waals surface area (Å²) in [5.74, 6) is 0.0462. The molecule has 2 heteroatoms. The van der Waals surface area contributed by atoms with Crippen LogP contribution in [-0.2, 0) is 4.79 Å². The van der Waals surface area contributed by atoms with E-state index < -0.39 is 0 Å². The molecule has 0 saturated heterocycles. The molecule has 1 aliphatic carbocycles. The molecule has 0 aromatic carbocycles. The lowest BCUT2D eigenvalue weighted by molar-refractivity contribution is -0.116. The van der Waals surface area contributed by atoms with Crippen molar-refractivity contribution in [3.63, 3.8) is 0 Å². The number of rotatable bonds is 5. The molecule has 74 valence electrons. The van der Waals surface area contributed by atoms with Gasteiger partial charge in [0, 0.05) is 6.54 Å². The average Bonchev–Trinajstić information content (AvgIpc) is 2.84. The van der Waals surface area contributed by atoms with Crippen LogP contribution in [0.15, 0.2) is 12.2 Å². The Hall–Kier alpha value is -0.790. The molecule has 1 rings (SSSR count). The molecule has 1 N–H and O–H groups in total. The Bertz CT molecular complexity index is 204. The molecule has 0 spiro atoms. The van der Waals surface area contributed by atoms with Gasteiger partial charge in [-0.1, -0.05) is 19.4 Å². The van der Waals surface area contributed by atoms with Gasteiger partial charge >= 0.3 is 0 Å². The Balaban J connectivity index is 2.22. The van der Waals surface area contributed by atoms with Crippen LogP contribution in [-0.4, -0.2) is 12.5 Å². The topological polar surface area (TPSA) is 29.1 Å². The summed E-state index contributed by atoms with van der Waals surface area (Å²) in [6, 6.07) is 0. The maximum absolute atomic E-state index is 11.1. The minimum atomic E-state index is 0.0462. The summed E-state index contributed by atoms with van der Waals surface area (Å²) in [4.78, 5) is 11.1. The number of hydrogen-bond donors (Lipinski definition) is 1. The van der Waals surface area contributed by atoms with Crippen LogP contribution >= 0.6 is 0 Å². The molecule has 13 heavy (non-hydrogen) atoms. The van der Waals surface area contributed by atoms with E-state index in [1.165, 1.54) is 25.7 Å². The van der Waals surface area contributed by atoms with Gasteiger partial charge in [0.2, 0.25) is 5.91 Å². The van der Waals surface area contributed by atoms with Gasteiger partial charge in [-0.25, -0.2) is 0 Å². The Kier molecular flexibility index (Phi) is 3.52. The van der Waals surface area contributed by atoms with Gasteiger partial charge in [0.05, 0.1) is 0 Å². The standard InChI is InChI=1S/C11H19NO/c1-3-5-10(13)12-9-11(6-4-2)7-8-11/h3,5H,4,6-9H2,1-2H3,(H,12,13)/b5-3+. The van der Waals surface area contributed by atoms with Crippen molar-refractivity contribution >= 4 is 5.91 Å². The Morgan fingerprint density at radius 2 is 2.23 bits per heavy atom. The van der Waals surface area contributed by atoms with E-state index >= 15 is 0 Å². The summed E-state index contributed by atoms with van der Waals surface area (Å²) in [6.45, 7) is 4.93. The number of carbonyl (C=O) groups is 1. The largest absolute Gasteiger partial charge is 0.352 e. The number of allylic oxidation sites excluding steroid dienone is 1. The fourth-order valence-electron chi connectivity index (χ4n) is 1.71. The maximum Gasteiger partial charge on any atom is 0.243 e. The van der Waals surface area contributed by atoms with Crippen LogP contribution in [0.2, 0.25) is 0 Å². The van der Waals surface area contributed by atoms with Crippen molar-refractivity contribution in [3.05, 3.63) is 12.2 Å². The van der Waals surface area contributed by atoms with Gasteiger partial charge in [0.15, 0.2) is 0 Å². The summed E-state index contributed by atoms with van der Waals surface area (Å²) in [5.41, 5.74) is 0.464. The lowest BCUT2D eigenvalue weighted by Crippen LogP contribution is -2.28. The van der Waals surface area contributed by atoms with Crippen LogP contribution in [0.25, 0.3) is 0 Å². The molecule has 0 heterocycles. The molecule has 2 nitrogen and oxygen atoms in total. The number of hydrogen-bond acceptors (Lipinski definition) is 1. The first-order chi connectivity index (χ1) is 6.22. The van der Waals surface area contributed by atoms with E-state index in [0.717, 1.165) is 6.54 Å². The smallest absolute Gasteiger partial charge is 0.243 e. The van der Waals surface area contributed by atoms with Crippen LogP contribution in [0.1, 0.15) is 39.5 Å². The van der Waals surface area contributed by atoms with Crippen molar-refractivity contribution in [3.8, 4) is 0 Å². The SMILES string of the molecule is C/C=C/C(=O)NCC1(CCC)CC1. The highest BCUT2D eigenvalue weighted by Crippen LogP contribution is 2.48. The van der Waals surface area contributed by atoms with Gasteiger partial charge < -0.3 is 5.32 Å². The van der Waals surface area contributed by atoms with E-state index in [1.807, 2.05) is 6.92 Å². The lowest BCUT2D eigenvalue weighted by Gasteiger charge is -2.13. The molecule has 1 aliphatic rings. The van der Waals surface area contributed by atoms with E-state index in [1.54, 1.807) is 12.2 Å². The number of nitrogens with one attached hydrogen (secondary N) is 1. The summed E-state index contributed by atoms with van der Waals surface area (Å²) in [5, 5.41) is 2.95. The van der Waals surface area contributed by atoms with Gasteiger partial charge in [-0.3, -0.25) is 4.79 Å². The molecule has 1 saturated carbocycles. The Labute approximate surface area is 80.4 Å². The molecule has 0 unspecified atom stereocenters. The van der Waals surface area contributed by atoms with E-state index in [2.05, 4.69) is 12.2 Å². The number of carbonyl (C=O) groups excluding carboxylic acids is 1. The van der Waals surface area contributed by atoms with Gasteiger partial charge in [0.25, 0.3) is 0 Å². The summed E-state index contributed by atoms with van der Waals surface area (Å²) in [6.07, 6.45) is 8.41. The first-order valence-corrected chi connectivity index (χ1v) is 5.13. The molecule has 0 radical (unpaired) electrons. The minimum absolute atomic E-state index is 0.0462. The summed E-state index contributed by atoms with van der Waals surface area (Å²) >= 11 is 0. The third-order valence-electron chi connectivity index (χ3n) is 2.69. The quantitative estimate of drug-likeness (QED) is 0.648.